The fraction of sp³-hybridized carbons (Fsp3) is 0.550. The number of nitrogens with two attached hydrogens (primary N) is 1. The monoisotopic (exact) mass is 363 g/mol. The smallest absolute Gasteiger partial charge is 0.311 e. The molecule has 0 fully saturated rings. The maximum Gasteiger partial charge on any atom is 0.311 e. The van der Waals surface area contributed by atoms with Gasteiger partial charge in [-0.2, -0.15) is 0 Å². The Labute approximate surface area is 155 Å². The fourth-order valence-corrected chi connectivity index (χ4v) is 2.15. The van der Waals surface area contributed by atoms with Gasteiger partial charge in [-0.3, -0.25) is 14.4 Å². The zero-order valence-corrected chi connectivity index (χ0v) is 16.3. The molecule has 6 nitrogen and oxygen atoms in total. The number of esters is 2. The first-order chi connectivity index (χ1) is 12.1. The van der Waals surface area contributed by atoms with E-state index in [4.69, 9.17) is 15.2 Å². The number of hydrogen-bond donors (Lipinski definition) is 1. The molecule has 0 amide bonds. The summed E-state index contributed by atoms with van der Waals surface area (Å²) in [5.41, 5.74) is 5.93. The van der Waals surface area contributed by atoms with Crippen LogP contribution in [0, 0.1) is 5.41 Å². The number of carbonyl (C=O) groups excluding carboxylic acids is 3. The van der Waals surface area contributed by atoms with Crippen molar-refractivity contribution < 1.29 is 23.9 Å². The van der Waals surface area contributed by atoms with Crippen LogP contribution in [0.25, 0.3) is 0 Å². The van der Waals surface area contributed by atoms with Gasteiger partial charge >= 0.3 is 11.9 Å². The van der Waals surface area contributed by atoms with Gasteiger partial charge in [-0.1, -0.05) is 34.6 Å². The van der Waals surface area contributed by atoms with Crippen LogP contribution < -0.4 is 15.2 Å². The van der Waals surface area contributed by atoms with Crippen LogP contribution in [0.2, 0.25) is 0 Å². The number of hydrogen-bond acceptors (Lipinski definition) is 6. The molecule has 0 spiro atoms. The van der Waals surface area contributed by atoms with Crippen LogP contribution in [-0.4, -0.2) is 23.8 Å². The van der Waals surface area contributed by atoms with Crippen LogP contribution in [0.1, 0.15) is 70.7 Å². The lowest BCUT2D eigenvalue weighted by molar-refractivity contribution is -0.137. The first-order valence-corrected chi connectivity index (χ1v) is 8.95. The molecule has 0 aliphatic rings. The normalized spacial score (nSPS) is 12.4. The van der Waals surface area contributed by atoms with E-state index in [2.05, 4.69) is 0 Å². The van der Waals surface area contributed by atoms with Crippen LogP contribution in [0.3, 0.4) is 0 Å². The minimum Gasteiger partial charge on any atom is -0.423 e. The fourth-order valence-electron chi connectivity index (χ4n) is 2.15. The topological polar surface area (TPSA) is 95.7 Å². The van der Waals surface area contributed by atoms with E-state index in [1.54, 1.807) is 0 Å². The molecule has 1 unspecified atom stereocenters. The van der Waals surface area contributed by atoms with E-state index in [0.717, 1.165) is 0 Å². The largest absolute Gasteiger partial charge is 0.423 e. The summed E-state index contributed by atoms with van der Waals surface area (Å²) in [6, 6.07) is 3.69. The van der Waals surface area contributed by atoms with Gasteiger partial charge in [0.25, 0.3) is 0 Å². The number of rotatable bonds is 8. The molecule has 26 heavy (non-hydrogen) atoms. The molecule has 1 rings (SSSR count). The number of ketones is 1. The van der Waals surface area contributed by atoms with Crippen molar-refractivity contribution in [2.24, 2.45) is 11.1 Å². The molecule has 1 atom stereocenters. The molecule has 0 aromatic heterocycles. The third-order valence-electron chi connectivity index (χ3n) is 3.80. The average molecular weight is 363 g/mol. The molecular formula is C20H29NO5. The standard InChI is InChI=1S/C20H29NO5/c1-6-8-16(22)25-14-11-10-13(18(24)19(21)20(3,4)5)12-15(14)26-17(23)9-7-2/h10-12,19H,6-9,21H2,1-5H3. The van der Waals surface area contributed by atoms with Gasteiger partial charge in [-0.05, 0) is 36.5 Å². The van der Waals surface area contributed by atoms with Crippen molar-refractivity contribution in [1.29, 1.82) is 0 Å². The zero-order valence-electron chi connectivity index (χ0n) is 16.3. The number of carbonyl (C=O) groups is 3. The van der Waals surface area contributed by atoms with E-state index < -0.39 is 23.4 Å². The lowest BCUT2D eigenvalue weighted by atomic mass is 9.83. The second-order valence-corrected chi connectivity index (χ2v) is 7.32. The highest BCUT2D eigenvalue weighted by molar-refractivity contribution is 6.01. The Morgan fingerprint density at radius 1 is 0.962 bits per heavy atom. The lowest BCUT2D eigenvalue weighted by Gasteiger charge is -2.25. The molecule has 1 aromatic rings. The molecule has 0 aliphatic carbocycles. The highest BCUT2D eigenvalue weighted by Crippen LogP contribution is 2.31. The van der Waals surface area contributed by atoms with Crippen molar-refractivity contribution in [2.45, 2.75) is 66.3 Å². The highest BCUT2D eigenvalue weighted by Gasteiger charge is 2.29. The quantitative estimate of drug-likeness (QED) is 0.430. The summed E-state index contributed by atoms with van der Waals surface area (Å²) in [5, 5.41) is 0. The number of ether oxygens (including phenoxy) is 2. The summed E-state index contributed by atoms with van der Waals surface area (Å²) < 4.78 is 10.6. The average Bonchev–Trinajstić information content (AvgIpc) is 2.54. The van der Waals surface area contributed by atoms with E-state index in [0.29, 0.717) is 18.4 Å². The van der Waals surface area contributed by atoms with Gasteiger partial charge in [0.15, 0.2) is 17.3 Å². The van der Waals surface area contributed by atoms with Crippen LogP contribution in [0.4, 0.5) is 0 Å². The van der Waals surface area contributed by atoms with E-state index in [9.17, 15) is 14.4 Å². The highest BCUT2D eigenvalue weighted by atomic mass is 16.6. The maximum absolute atomic E-state index is 12.6. The molecule has 0 saturated heterocycles. The van der Waals surface area contributed by atoms with Crippen molar-refractivity contribution >= 4 is 17.7 Å². The van der Waals surface area contributed by atoms with Gasteiger partial charge in [-0.25, -0.2) is 0 Å². The second kappa shape index (κ2) is 9.48. The first-order valence-electron chi connectivity index (χ1n) is 8.95. The minimum absolute atomic E-state index is 0.0554. The Morgan fingerprint density at radius 3 is 1.92 bits per heavy atom. The molecule has 0 saturated carbocycles. The Hall–Kier alpha value is -2.21. The van der Waals surface area contributed by atoms with E-state index in [1.807, 2.05) is 34.6 Å². The molecule has 0 radical (unpaired) electrons. The Kier molecular flexibility index (Phi) is 7.96. The molecule has 6 heteroatoms. The molecule has 0 heterocycles. The summed E-state index contributed by atoms with van der Waals surface area (Å²) in [5.74, 6) is -0.971. The van der Waals surface area contributed by atoms with Crippen LogP contribution in [0.15, 0.2) is 18.2 Å². The van der Waals surface area contributed by atoms with E-state index >= 15 is 0 Å². The van der Waals surface area contributed by atoms with Gasteiger partial charge in [0.2, 0.25) is 0 Å². The summed E-state index contributed by atoms with van der Waals surface area (Å²) in [7, 11) is 0. The molecule has 2 N–H and O–H groups in total. The third-order valence-corrected chi connectivity index (χ3v) is 3.80. The van der Waals surface area contributed by atoms with Gasteiger partial charge in [0.1, 0.15) is 0 Å². The molecule has 1 aromatic carbocycles. The lowest BCUT2D eigenvalue weighted by Crippen LogP contribution is -2.42. The minimum atomic E-state index is -0.713. The van der Waals surface area contributed by atoms with Crippen LogP contribution in [0.5, 0.6) is 11.5 Å². The van der Waals surface area contributed by atoms with Crippen molar-refractivity contribution in [1.82, 2.24) is 0 Å². The molecule has 144 valence electrons. The van der Waals surface area contributed by atoms with E-state index in [-0.39, 0.29) is 30.1 Å². The summed E-state index contributed by atoms with van der Waals surface area (Å²) >= 11 is 0. The van der Waals surface area contributed by atoms with E-state index in [1.165, 1.54) is 18.2 Å². The summed E-state index contributed by atoms with van der Waals surface area (Å²) in [4.78, 5) is 36.3. The second-order valence-electron chi connectivity index (χ2n) is 7.32. The van der Waals surface area contributed by atoms with Crippen molar-refractivity contribution in [3.8, 4) is 11.5 Å². The Bertz CT molecular complexity index is 661. The van der Waals surface area contributed by atoms with Gasteiger partial charge < -0.3 is 15.2 Å². The van der Waals surface area contributed by atoms with Crippen LogP contribution in [-0.2, 0) is 9.59 Å². The molecule has 0 bridgehead atoms. The zero-order chi connectivity index (χ0) is 19.9. The Morgan fingerprint density at radius 2 is 1.46 bits per heavy atom. The SMILES string of the molecule is CCCC(=O)Oc1ccc(C(=O)C(N)C(C)(C)C)cc1OC(=O)CCC. The summed E-state index contributed by atoms with van der Waals surface area (Å²) in [6.45, 7) is 9.33. The van der Waals surface area contributed by atoms with Gasteiger partial charge in [0.05, 0.1) is 6.04 Å². The Balaban J connectivity index is 3.18. The summed E-state index contributed by atoms with van der Waals surface area (Å²) in [6.07, 6.45) is 1.73. The number of Topliss-reactive ketones (excluding diaryl/α,β-unsaturated/α-hetero) is 1. The van der Waals surface area contributed by atoms with Crippen molar-refractivity contribution in [2.75, 3.05) is 0 Å². The van der Waals surface area contributed by atoms with Crippen LogP contribution >= 0.6 is 0 Å². The third kappa shape index (κ3) is 6.26. The van der Waals surface area contributed by atoms with Crippen molar-refractivity contribution in [3.63, 3.8) is 0 Å². The van der Waals surface area contributed by atoms with Gasteiger partial charge in [-0.15, -0.1) is 0 Å². The number of benzene rings is 1. The molecular weight excluding hydrogens is 334 g/mol. The van der Waals surface area contributed by atoms with Crippen molar-refractivity contribution in [3.05, 3.63) is 23.8 Å². The maximum atomic E-state index is 12.6. The molecule has 0 aliphatic heterocycles. The van der Waals surface area contributed by atoms with Gasteiger partial charge in [0, 0.05) is 18.4 Å². The predicted octanol–water partition coefficient (Wildman–Crippen LogP) is 3.65. The predicted molar refractivity (Wildman–Crippen MR) is 99.3 cm³/mol. The first kappa shape index (κ1) is 21.8.